The first-order valence-electron chi connectivity index (χ1n) is 8.13. The minimum absolute atomic E-state index is 0.218. The van der Waals surface area contributed by atoms with Crippen LogP contribution in [0.2, 0.25) is 0 Å². The van der Waals surface area contributed by atoms with E-state index in [9.17, 15) is 9.18 Å². The van der Waals surface area contributed by atoms with Crippen LogP contribution in [0, 0.1) is 5.82 Å². The van der Waals surface area contributed by atoms with Crippen LogP contribution < -0.4 is 0 Å². The van der Waals surface area contributed by atoms with Crippen LogP contribution in [-0.2, 0) is 17.9 Å². The van der Waals surface area contributed by atoms with Crippen LogP contribution >= 0.6 is 0 Å². The summed E-state index contributed by atoms with van der Waals surface area (Å²) >= 11 is 0. The van der Waals surface area contributed by atoms with E-state index in [-0.39, 0.29) is 11.9 Å². The Hall–Kier alpha value is -2.40. The van der Waals surface area contributed by atoms with Gasteiger partial charge in [-0.3, -0.25) is 4.90 Å². The fourth-order valence-corrected chi connectivity index (χ4v) is 2.75. The van der Waals surface area contributed by atoms with Gasteiger partial charge in [-0.1, -0.05) is 42.5 Å². The third-order valence-electron chi connectivity index (χ3n) is 4.16. The van der Waals surface area contributed by atoms with Crippen LogP contribution in [0.25, 0.3) is 0 Å². The van der Waals surface area contributed by atoms with E-state index >= 15 is 0 Å². The topological polar surface area (TPSA) is 32.8 Å². The van der Waals surface area contributed by atoms with Gasteiger partial charge in [-0.15, -0.1) is 0 Å². The van der Waals surface area contributed by atoms with Crippen molar-refractivity contribution >= 4 is 6.09 Å². The Morgan fingerprint density at radius 2 is 1.58 bits per heavy atom. The maximum Gasteiger partial charge on any atom is 0.410 e. The summed E-state index contributed by atoms with van der Waals surface area (Å²) in [6, 6.07) is 16.2. The van der Waals surface area contributed by atoms with Crippen molar-refractivity contribution in [2.24, 2.45) is 0 Å². The number of benzene rings is 2. The fraction of sp³-hybridized carbons (Fsp3) is 0.316. The molecule has 5 heteroatoms. The summed E-state index contributed by atoms with van der Waals surface area (Å²) in [5.41, 5.74) is 2.07. The first kappa shape index (κ1) is 16.5. The Balaban J connectivity index is 1.42. The highest BCUT2D eigenvalue weighted by Gasteiger charge is 2.22. The number of ether oxygens (including phenoxy) is 1. The minimum Gasteiger partial charge on any atom is -0.445 e. The summed E-state index contributed by atoms with van der Waals surface area (Å²) in [5, 5.41) is 0. The van der Waals surface area contributed by atoms with Crippen LogP contribution in [0.5, 0.6) is 0 Å². The number of carbonyl (C=O) groups is 1. The van der Waals surface area contributed by atoms with Gasteiger partial charge in [0.2, 0.25) is 0 Å². The number of nitrogens with zero attached hydrogens (tertiary/aromatic N) is 2. The largest absolute Gasteiger partial charge is 0.445 e. The number of rotatable bonds is 4. The number of halogens is 1. The van der Waals surface area contributed by atoms with Gasteiger partial charge in [0.15, 0.2) is 0 Å². The summed E-state index contributed by atoms with van der Waals surface area (Å²) < 4.78 is 18.3. The van der Waals surface area contributed by atoms with Crippen LogP contribution in [0.4, 0.5) is 9.18 Å². The van der Waals surface area contributed by atoms with Gasteiger partial charge in [0.1, 0.15) is 12.4 Å². The number of hydrogen-bond acceptors (Lipinski definition) is 3. The zero-order chi connectivity index (χ0) is 16.8. The van der Waals surface area contributed by atoms with Gasteiger partial charge in [-0.05, 0) is 23.3 Å². The lowest BCUT2D eigenvalue weighted by Crippen LogP contribution is -2.48. The summed E-state index contributed by atoms with van der Waals surface area (Å²) in [7, 11) is 0. The lowest BCUT2D eigenvalue weighted by molar-refractivity contribution is 0.0700. The Labute approximate surface area is 141 Å². The number of carbonyl (C=O) groups excluding carboxylic acids is 1. The van der Waals surface area contributed by atoms with Crippen molar-refractivity contribution in [1.29, 1.82) is 0 Å². The summed E-state index contributed by atoms with van der Waals surface area (Å²) in [6.45, 7) is 3.95. The van der Waals surface area contributed by atoms with Crippen LogP contribution in [-0.4, -0.2) is 42.1 Å². The molecule has 1 saturated heterocycles. The van der Waals surface area contributed by atoms with Gasteiger partial charge in [0, 0.05) is 32.7 Å². The summed E-state index contributed by atoms with van der Waals surface area (Å²) in [6.07, 6.45) is -0.264. The molecule has 0 radical (unpaired) electrons. The van der Waals surface area contributed by atoms with Crippen molar-refractivity contribution in [2.75, 3.05) is 26.2 Å². The minimum atomic E-state index is -0.264. The van der Waals surface area contributed by atoms with Gasteiger partial charge in [-0.2, -0.15) is 0 Å². The Bertz CT molecular complexity index is 653. The zero-order valence-corrected chi connectivity index (χ0v) is 13.5. The molecule has 1 amide bonds. The molecule has 0 unspecified atom stereocenters. The predicted octanol–water partition coefficient (Wildman–Crippen LogP) is 3.28. The van der Waals surface area contributed by atoms with E-state index in [0.29, 0.717) is 19.7 Å². The van der Waals surface area contributed by atoms with Gasteiger partial charge >= 0.3 is 6.09 Å². The van der Waals surface area contributed by atoms with E-state index in [1.54, 1.807) is 17.0 Å². The van der Waals surface area contributed by atoms with Gasteiger partial charge < -0.3 is 9.64 Å². The average molecular weight is 328 g/mol. The Morgan fingerprint density at radius 3 is 2.25 bits per heavy atom. The molecule has 2 aromatic rings. The van der Waals surface area contributed by atoms with Gasteiger partial charge in [-0.25, -0.2) is 9.18 Å². The average Bonchev–Trinajstić information content (AvgIpc) is 2.63. The highest BCUT2D eigenvalue weighted by Crippen LogP contribution is 2.11. The van der Waals surface area contributed by atoms with Crippen LogP contribution in [0.15, 0.2) is 54.6 Å². The Kier molecular flexibility index (Phi) is 5.43. The lowest BCUT2D eigenvalue weighted by atomic mass is 10.2. The molecule has 0 bridgehead atoms. The second-order valence-electron chi connectivity index (χ2n) is 5.93. The number of piperazine rings is 1. The highest BCUT2D eigenvalue weighted by atomic mass is 19.1. The van der Waals surface area contributed by atoms with Crippen LogP contribution in [0.3, 0.4) is 0 Å². The van der Waals surface area contributed by atoms with E-state index in [2.05, 4.69) is 4.90 Å². The molecule has 0 N–H and O–H groups in total. The first-order chi connectivity index (χ1) is 11.7. The van der Waals surface area contributed by atoms with E-state index in [4.69, 9.17) is 4.74 Å². The molecule has 3 rings (SSSR count). The second kappa shape index (κ2) is 7.93. The number of amides is 1. The molecular weight excluding hydrogens is 307 g/mol. The van der Waals surface area contributed by atoms with Crippen molar-refractivity contribution in [1.82, 2.24) is 9.80 Å². The molecule has 0 aromatic heterocycles. The molecule has 1 aliphatic rings. The summed E-state index contributed by atoms with van der Waals surface area (Å²) in [4.78, 5) is 16.1. The van der Waals surface area contributed by atoms with Crippen molar-refractivity contribution in [3.63, 3.8) is 0 Å². The molecule has 1 heterocycles. The molecule has 1 fully saturated rings. The molecule has 0 saturated carbocycles. The van der Waals surface area contributed by atoms with E-state index < -0.39 is 0 Å². The van der Waals surface area contributed by atoms with Crippen molar-refractivity contribution in [3.05, 3.63) is 71.5 Å². The third kappa shape index (κ3) is 4.55. The normalized spacial score (nSPS) is 15.3. The summed E-state index contributed by atoms with van der Waals surface area (Å²) in [5.74, 6) is -0.218. The first-order valence-corrected chi connectivity index (χ1v) is 8.13. The molecule has 126 valence electrons. The van der Waals surface area contributed by atoms with Crippen molar-refractivity contribution in [2.45, 2.75) is 13.2 Å². The van der Waals surface area contributed by atoms with Gasteiger partial charge in [0.05, 0.1) is 0 Å². The molecule has 0 spiro atoms. The quantitative estimate of drug-likeness (QED) is 0.863. The second-order valence-corrected chi connectivity index (χ2v) is 5.93. The van der Waals surface area contributed by atoms with Crippen LogP contribution in [0.1, 0.15) is 11.1 Å². The fourth-order valence-electron chi connectivity index (χ4n) is 2.75. The lowest BCUT2D eigenvalue weighted by Gasteiger charge is -2.34. The molecule has 1 aliphatic heterocycles. The zero-order valence-electron chi connectivity index (χ0n) is 13.5. The molecule has 4 nitrogen and oxygen atoms in total. The predicted molar refractivity (Wildman–Crippen MR) is 89.9 cm³/mol. The maximum absolute atomic E-state index is 12.9. The molecule has 0 aliphatic carbocycles. The maximum atomic E-state index is 12.9. The molecule has 2 aromatic carbocycles. The monoisotopic (exact) mass is 328 g/mol. The highest BCUT2D eigenvalue weighted by molar-refractivity contribution is 5.67. The van der Waals surface area contributed by atoms with E-state index in [1.807, 2.05) is 30.3 Å². The SMILES string of the molecule is O=C(OCc1ccccc1)N1CCN(Cc2ccc(F)cc2)CC1. The van der Waals surface area contributed by atoms with E-state index in [0.717, 1.165) is 30.8 Å². The Morgan fingerprint density at radius 1 is 0.917 bits per heavy atom. The smallest absolute Gasteiger partial charge is 0.410 e. The standard InChI is InChI=1S/C19H21FN2O2/c20-18-8-6-16(7-9-18)14-21-10-12-22(13-11-21)19(23)24-15-17-4-2-1-3-5-17/h1-9H,10-15H2. The van der Waals surface area contributed by atoms with Crippen molar-refractivity contribution in [3.8, 4) is 0 Å². The molecule has 24 heavy (non-hydrogen) atoms. The molecule has 0 atom stereocenters. The van der Waals surface area contributed by atoms with Crippen molar-refractivity contribution < 1.29 is 13.9 Å². The third-order valence-corrected chi connectivity index (χ3v) is 4.16. The van der Waals surface area contributed by atoms with E-state index in [1.165, 1.54) is 12.1 Å². The number of hydrogen-bond donors (Lipinski definition) is 0. The van der Waals surface area contributed by atoms with Gasteiger partial charge in [0.25, 0.3) is 0 Å². The molecular formula is C19H21FN2O2.